The molecule has 2 atom stereocenters. The van der Waals surface area contributed by atoms with Gasteiger partial charge in [0.25, 0.3) is 0 Å². The van der Waals surface area contributed by atoms with Crippen LogP contribution in [-0.2, 0) is 6.42 Å². The maximum atomic E-state index is 3.70. The molecule has 1 heterocycles. The molecule has 20 heavy (non-hydrogen) atoms. The molecule has 2 unspecified atom stereocenters. The summed E-state index contributed by atoms with van der Waals surface area (Å²) in [6.45, 7) is 5.92. The SMILES string of the molecule is CSCCCCN1CC(Cc2ccccc2)NCC1C. The lowest BCUT2D eigenvalue weighted by Crippen LogP contribution is -2.56. The molecule has 0 spiro atoms. The topological polar surface area (TPSA) is 15.3 Å². The predicted octanol–water partition coefficient (Wildman–Crippen LogP) is 3.03. The van der Waals surface area contributed by atoms with Crippen LogP contribution in [0.1, 0.15) is 25.3 Å². The zero-order valence-corrected chi connectivity index (χ0v) is 13.7. The van der Waals surface area contributed by atoms with Crippen molar-refractivity contribution in [3.8, 4) is 0 Å². The molecule has 3 heteroatoms. The van der Waals surface area contributed by atoms with E-state index in [4.69, 9.17) is 0 Å². The number of nitrogens with zero attached hydrogens (tertiary/aromatic N) is 1. The molecule has 0 bridgehead atoms. The lowest BCUT2D eigenvalue weighted by atomic mass is 10.0. The van der Waals surface area contributed by atoms with Gasteiger partial charge in [-0.15, -0.1) is 0 Å². The Balaban J connectivity index is 1.78. The highest BCUT2D eigenvalue weighted by Gasteiger charge is 2.24. The highest BCUT2D eigenvalue weighted by molar-refractivity contribution is 7.98. The van der Waals surface area contributed by atoms with Crippen LogP contribution in [0.2, 0.25) is 0 Å². The summed E-state index contributed by atoms with van der Waals surface area (Å²) in [7, 11) is 0. The van der Waals surface area contributed by atoms with E-state index in [0.717, 1.165) is 13.0 Å². The number of nitrogens with one attached hydrogen (secondary N) is 1. The highest BCUT2D eigenvalue weighted by Crippen LogP contribution is 2.12. The third-order valence-electron chi connectivity index (χ3n) is 4.15. The van der Waals surface area contributed by atoms with Crippen LogP contribution in [0, 0.1) is 0 Å². The summed E-state index contributed by atoms with van der Waals surface area (Å²) in [6, 6.07) is 12.1. The first-order valence-corrected chi connectivity index (χ1v) is 9.19. The molecule has 1 aliphatic heterocycles. The van der Waals surface area contributed by atoms with Crippen molar-refractivity contribution in [2.24, 2.45) is 0 Å². The maximum absolute atomic E-state index is 3.70. The molecule has 1 N–H and O–H groups in total. The first-order valence-electron chi connectivity index (χ1n) is 7.80. The van der Waals surface area contributed by atoms with E-state index >= 15 is 0 Å². The van der Waals surface area contributed by atoms with Gasteiger partial charge in [-0.2, -0.15) is 11.8 Å². The second-order valence-corrected chi connectivity index (χ2v) is 6.82. The second-order valence-electron chi connectivity index (χ2n) is 5.84. The molecule has 1 fully saturated rings. The normalized spacial score (nSPS) is 23.9. The fourth-order valence-corrected chi connectivity index (χ4v) is 3.39. The Morgan fingerprint density at radius 2 is 2.05 bits per heavy atom. The van der Waals surface area contributed by atoms with Crippen LogP contribution in [0.5, 0.6) is 0 Å². The van der Waals surface area contributed by atoms with Gasteiger partial charge in [0.2, 0.25) is 0 Å². The van der Waals surface area contributed by atoms with Gasteiger partial charge in [-0.1, -0.05) is 30.3 Å². The summed E-state index contributed by atoms with van der Waals surface area (Å²) in [6.07, 6.45) is 6.03. The molecule has 1 aromatic rings. The highest BCUT2D eigenvalue weighted by atomic mass is 32.2. The van der Waals surface area contributed by atoms with Gasteiger partial charge in [-0.25, -0.2) is 0 Å². The van der Waals surface area contributed by atoms with Crippen LogP contribution in [0.15, 0.2) is 30.3 Å². The van der Waals surface area contributed by atoms with E-state index < -0.39 is 0 Å². The van der Waals surface area contributed by atoms with Crippen LogP contribution in [-0.4, -0.2) is 48.6 Å². The van der Waals surface area contributed by atoms with Crippen LogP contribution < -0.4 is 5.32 Å². The monoisotopic (exact) mass is 292 g/mol. The quantitative estimate of drug-likeness (QED) is 0.778. The molecule has 0 aromatic heterocycles. The van der Waals surface area contributed by atoms with Crippen LogP contribution in [0.25, 0.3) is 0 Å². The van der Waals surface area contributed by atoms with Crippen molar-refractivity contribution in [2.75, 3.05) is 31.6 Å². The molecule has 1 saturated heterocycles. The third-order valence-corrected chi connectivity index (χ3v) is 4.85. The van der Waals surface area contributed by atoms with Crippen molar-refractivity contribution in [3.05, 3.63) is 35.9 Å². The minimum Gasteiger partial charge on any atom is -0.311 e. The Morgan fingerprint density at radius 1 is 1.25 bits per heavy atom. The van der Waals surface area contributed by atoms with Crippen molar-refractivity contribution >= 4 is 11.8 Å². The Labute approximate surface area is 128 Å². The summed E-state index contributed by atoms with van der Waals surface area (Å²) in [5.74, 6) is 1.30. The molecule has 1 aliphatic rings. The Hall–Kier alpha value is -0.510. The molecular formula is C17H28N2S. The summed E-state index contributed by atoms with van der Waals surface area (Å²) >= 11 is 1.96. The van der Waals surface area contributed by atoms with E-state index in [1.807, 2.05) is 11.8 Å². The first-order chi connectivity index (χ1) is 9.79. The average Bonchev–Trinajstić information content (AvgIpc) is 2.48. The summed E-state index contributed by atoms with van der Waals surface area (Å²) in [5.41, 5.74) is 1.45. The first kappa shape index (κ1) is 15.9. The van der Waals surface area contributed by atoms with Crippen molar-refractivity contribution in [3.63, 3.8) is 0 Å². The van der Waals surface area contributed by atoms with Crippen LogP contribution >= 0.6 is 11.8 Å². The van der Waals surface area contributed by atoms with E-state index in [-0.39, 0.29) is 0 Å². The molecule has 0 saturated carbocycles. The Kier molecular flexibility index (Phi) is 6.91. The fraction of sp³-hybridized carbons (Fsp3) is 0.647. The number of hydrogen-bond donors (Lipinski definition) is 1. The van der Waals surface area contributed by atoms with Crippen LogP contribution in [0.4, 0.5) is 0 Å². The number of thioether (sulfide) groups is 1. The molecule has 0 radical (unpaired) electrons. The van der Waals surface area contributed by atoms with E-state index in [9.17, 15) is 0 Å². The smallest absolute Gasteiger partial charge is 0.0236 e. The number of hydrogen-bond acceptors (Lipinski definition) is 3. The van der Waals surface area contributed by atoms with E-state index in [1.165, 1.54) is 37.2 Å². The molecule has 2 rings (SSSR count). The van der Waals surface area contributed by atoms with E-state index in [0.29, 0.717) is 12.1 Å². The molecule has 0 aliphatic carbocycles. The molecule has 112 valence electrons. The van der Waals surface area contributed by atoms with Gasteiger partial charge < -0.3 is 5.32 Å². The van der Waals surface area contributed by atoms with Gasteiger partial charge in [0.05, 0.1) is 0 Å². The second kappa shape index (κ2) is 8.71. The van der Waals surface area contributed by atoms with Gasteiger partial charge >= 0.3 is 0 Å². The number of benzene rings is 1. The lowest BCUT2D eigenvalue weighted by molar-refractivity contribution is 0.139. The van der Waals surface area contributed by atoms with Crippen molar-refractivity contribution in [1.82, 2.24) is 10.2 Å². The van der Waals surface area contributed by atoms with Gasteiger partial charge in [0, 0.05) is 25.2 Å². The zero-order valence-electron chi connectivity index (χ0n) is 12.8. The Morgan fingerprint density at radius 3 is 2.80 bits per heavy atom. The summed E-state index contributed by atoms with van der Waals surface area (Å²) < 4.78 is 0. The number of rotatable bonds is 7. The zero-order chi connectivity index (χ0) is 14.2. The van der Waals surface area contributed by atoms with Gasteiger partial charge in [0.15, 0.2) is 0 Å². The van der Waals surface area contributed by atoms with Crippen molar-refractivity contribution in [2.45, 2.75) is 38.3 Å². The van der Waals surface area contributed by atoms with E-state index in [1.54, 1.807) is 0 Å². The minimum atomic E-state index is 0.606. The standard InChI is InChI=1S/C17H28N2S/c1-15-13-18-17(12-16-8-4-3-5-9-16)14-19(15)10-6-7-11-20-2/h3-5,8-9,15,17-18H,6-7,10-14H2,1-2H3. The van der Waals surface area contributed by atoms with Crippen molar-refractivity contribution < 1.29 is 0 Å². The third kappa shape index (κ3) is 5.12. The summed E-state index contributed by atoms with van der Waals surface area (Å²) in [4.78, 5) is 2.67. The maximum Gasteiger partial charge on any atom is 0.0236 e. The fourth-order valence-electron chi connectivity index (χ4n) is 2.90. The number of unbranched alkanes of at least 4 members (excludes halogenated alkanes) is 1. The summed E-state index contributed by atoms with van der Waals surface area (Å²) in [5, 5.41) is 3.70. The Bertz CT molecular complexity index is 369. The molecule has 2 nitrogen and oxygen atoms in total. The van der Waals surface area contributed by atoms with E-state index in [2.05, 4.69) is 53.7 Å². The average molecular weight is 292 g/mol. The lowest BCUT2D eigenvalue weighted by Gasteiger charge is -2.39. The molecule has 1 aromatic carbocycles. The van der Waals surface area contributed by atoms with Gasteiger partial charge in [-0.05, 0) is 50.3 Å². The van der Waals surface area contributed by atoms with Gasteiger partial charge in [0.1, 0.15) is 0 Å². The van der Waals surface area contributed by atoms with Gasteiger partial charge in [-0.3, -0.25) is 4.90 Å². The predicted molar refractivity (Wildman–Crippen MR) is 90.6 cm³/mol. The van der Waals surface area contributed by atoms with Crippen molar-refractivity contribution in [1.29, 1.82) is 0 Å². The molecule has 0 amide bonds. The minimum absolute atomic E-state index is 0.606. The van der Waals surface area contributed by atoms with Crippen LogP contribution in [0.3, 0.4) is 0 Å². The number of piperazine rings is 1. The molecular weight excluding hydrogens is 264 g/mol. The largest absolute Gasteiger partial charge is 0.311 e.